The molecular formula is C19H16Cl2N2O3. The fourth-order valence-electron chi connectivity index (χ4n) is 2.31. The van der Waals surface area contributed by atoms with E-state index in [0.717, 1.165) is 5.69 Å². The molecule has 5 nitrogen and oxygen atoms in total. The predicted molar refractivity (Wildman–Crippen MR) is 101 cm³/mol. The number of aryl methyl sites for hydroxylation is 1. The minimum Gasteiger partial charge on any atom is -0.483 e. The van der Waals surface area contributed by atoms with Crippen LogP contribution in [0.3, 0.4) is 0 Å². The van der Waals surface area contributed by atoms with E-state index in [0.29, 0.717) is 32.9 Å². The average molecular weight is 391 g/mol. The third-order valence-electron chi connectivity index (χ3n) is 3.86. The predicted octanol–water partition coefficient (Wildman–Crippen LogP) is 5.10. The fourth-order valence-corrected chi connectivity index (χ4v) is 2.82. The van der Waals surface area contributed by atoms with Crippen LogP contribution in [0.2, 0.25) is 10.0 Å². The van der Waals surface area contributed by atoms with Crippen LogP contribution in [0.25, 0.3) is 6.08 Å². The summed E-state index contributed by atoms with van der Waals surface area (Å²) in [5.74, 6) is 1.41. The van der Waals surface area contributed by atoms with Crippen LogP contribution in [-0.4, -0.2) is 15.6 Å². The van der Waals surface area contributed by atoms with Gasteiger partial charge in [-0.25, -0.2) is 0 Å². The van der Waals surface area contributed by atoms with Crippen molar-refractivity contribution in [2.75, 3.05) is 0 Å². The number of hydrogen-bond donors (Lipinski definition) is 0. The van der Waals surface area contributed by atoms with E-state index in [9.17, 15) is 4.79 Å². The number of allylic oxidation sites excluding steroid dienone is 1. The third-order valence-corrected chi connectivity index (χ3v) is 4.46. The first kappa shape index (κ1) is 18.3. The van der Waals surface area contributed by atoms with Gasteiger partial charge in [0.05, 0.1) is 21.8 Å². The van der Waals surface area contributed by atoms with Gasteiger partial charge in [-0.15, -0.1) is 0 Å². The molecule has 0 amide bonds. The van der Waals surface area contributed by atoms with E-state index in [1.54, 1.807) is 54.3 Å². The molecular weight excluding hydrogens is 375 g/mol. The second-order valence-corrected chi connectivity index (χ2v) is 6.42. The van der Waals surface area contributed by atoms with E-state index in [4.69, 9.17) is 32.4 Å². The van der Waals surface area contributed by atoms with Crippen molar-refractivity contribution in [3.05, 3.63) is 75.4 Å². The van der Waals surface area contributed by atoms with Gasteiger partial charge in [0.25, 0.3) is 0 Å². The number of halogens is 2. The Morgan fingerprint density at radius 2 is 2.00 bits per heavy atom. The van der Waals surface area contributed by atoms with Crippen molar-refractivity contribution in [2.24, 2.45) is 7.05 Å². The van der Waals surface area contributed by atoms with Gasteiger partial charge in [0.15, 0.2) is 11.5 Å². The number of carbonyl (C=O) groups excluding carboxylic acids is 1. The van der Waals surface area contributed by atoms with E-state index in [1.165, 1.54) is 6.08 Å². The summed E-state index contributed by atoms with van der Waals surface area (Å²) in [6.45, 7) is 2.02. The first-order valence-corrected chi connectivity index (χ1v) is 8.58. The van der Waals surface area contributed by atoms with Crippen molar-refractivity contribution in [1.29, 1.82) is 0 Å². The molecule has 0 aliphatic heterocycles. The van der Waals surface area contributed by atoms with Crippen LogP contribution in [0.4, 0.5) is 0 Å². The molecule has 0 bridgehead atoms. The van der Waals surface area contributed by atoms with Gasteiger partial charge >= 0.3 is 0 Å². The van der Waals surface area contributed by atoms with Crippen molar-refractivity contribution in [2.45, 2.75) is 13.5 Å². The van der Waals surface area contributed by atoms with E-state index >= 15 is 0 Å². The van der Waals surface area contributed by atoms with E-state index in [1.807, 2.05) is 6.92 Å². The number of rotatable bonds is 6. The fraction of sp³-hybridized carbons (Fsp3) is 0.158. The minimum atomic E-state index is -0.132. The molecule has 0 unspecified atom stereocenters. The quantitative estimate of drug-likeness (QED) is 0.433. The van der Waals surface area contributed by atoms with E-state index in [-0.39, 0.29) is 12.4 Å². The summed E-state index contributed by atoms with van der Waals surface area (Å²) in [7, 11) is 1.79. The molecule has 0 atom stereocenters. The average Bonchev–Trinajstić information content (AvgIpc) is 3.20. The van der Waals surface area contributed by atoms with Gasteiger partial charge in [-0.3, -0.25) is 9.48 Å². The second kappa shape index (κ2) is 7.81. The monoisotopic (exact) mass is 390 g/mol. The van der Waals surface area contributed by atoms with Crippen LogP contribution in [0.15, 0.2) is 47.0 Å². The highest BCUT2D eigenvalue weighted by Crippen LogP contribution is 2.33. The van der Waals surface area contributed by atoms with Gasteiger partial charge in [-0.05, 0) is 43.3 Å². The number of carbonyl (C=O) groups is 1. The van der Waals surface area contributed by atoms with Crippen molar-refractivity contribution in [1.82, 2.24) is 9.78 Å². The first-order chi connectivity index (χ1) is 12.5. The molecule has 1 aromatic carbocycles. The molecule has 2 aromatic heterocycles. The van der Waals surface area contributed by atoms with Gasteiger partial charge in [0, 0.05) is 12.7 Å². The second-order valence-electron chi connectivity index (χ2n) is 5.61. The number of nitrogens with zero attached hydrogens (tertiary/aromatic N) is 2. The van der Waals surface area contributed by atoms with Crippen molar-refractivity contribution < 1.29 is 13.9 Å². The number of furan rings is 1. The molecule has 0 saturated heterocycles. The first-order valence-electron chi connectivity index (χ1n) is 7.82. The molecule has 0 radical (unpaired) electrons. The molecule has 7 heteroatoms. The summed E-state index contributed by atoms with van der Waals surface area (Å²) in [6, 6.07) is 8.67. The highest BCUT2D eigenvalue weighted by Gasteiger charge is 2.11. The number of para-hydroxylation sites is 1. The highest BCUT2D eigenvalue weighted by atomic mass is 35.5. The van der Waals surface area contributed by atoms with Gasteiger partial charge < -0.3 is 9.15 Å². The smallest absolute Gasteiger partial charge is 0.189 e. The molecule has 3 rings (SSSR count). The number of ether oxygens (including phenoxy) is 1. The van der Waals surface area contributed by atoms with E-state index in [2.05, 4.69) is 5.10 Å². The Labute approximate surface area is 160 Å². The zero-order chi connectivity index (χ0) is 18.7. The lowest BCUT2D eigenvalue weighted by molar-refractivity contribution is 0.104. The molecule has 2 heterocycles. The topological polar surface area (TPSA) is 57.3 Å². The maximum absolute atomic E-state index is 12.2. The van der Waals surface area contributed by atoms with Crippen molar-refractivity contribution in [3.63, 3.8) is 0 Å². The largest absolute Gasteiger partial charge is 0.483 e. The van der Waals surface area contributed by atoms with Crippen LogP contribution in [0.1, 0.15) is 27.6 Å². The van der Waals surface area contributed by atoms with Crippen LogP contribution in [0.5, 0.6) is 5.75 Å². The van der Waals surface area contributed by atoms with Gasteiger partial charge in [0.2, 0.25) is 0 Å². The normalized spacial score (nSPS) is 11.2. The molecule has 0 aliphatic carbocycles. The number of hydrogen-bond acceptors (Lipinski definition) is 4. The van der Waals surface area contributed by atoms with Gasteiger partial charge in [-0.2, -0.15) is 5.10 Å². The molecule has 0 spiro atoms. The van der Waals surface area contributed by atoms with Crippen LogP contribution < -0.4 is 4.74 Å². The summed E-state index contributed by atoms with van der Waals surface area (Å²) in [4.78, 5) is 12.2. The standard InChI is InChI=1S/C19H16Cl2N2O3/c1-12-15(10-22-23(12)2)18(24)9-8-13-6-7-14(26-13)11-25-19-16(20)4-3-5-17(19)21/h3-10H,11H2,1-2H3/b9-8-. The Balaban J connectivity index is 1.64. The molecule has 26 heavy (non-hydrogen) atoms. The number of benzene rings is 1. The Morgan fingerprint density at radius 3 is 2.65 bits per heavy atom. The van der Waals surface area contributed by atoms with Crippen LogP contribution in [0, 0.1) is 6.92 Å². The third kappa shape index (κ3) is 4.00. The zero-order valence-corrected chi connectivity index (χ0v) is 15.7. The summed E-state index contributed by atoms with van der Waals surface area (Å²) < 4.78 is 12.9. The van der Waals surface area contributed by atoms with Gasteiger partial charge in [0.1, 0.15) is 18.1 Å². The van der Waals surface area contributed by atoms with E-state index < -0.39 is 0 Å². The number of aromatic nitrogens is 2. The molecule has 0 saturated carbocycles. The van der Waals surface area contributed by atoms with Gasteiger partial charge in [-0.1, -0.05) is 29.3 Å². The number of ketones is 1. The summed E-state index contributed by atoms with van der Waals surface area (Å²) >= 11 is 12.1. The maximum atomic E-state index is 12.2. The summed E-state index contributed by atoms with van der Waals surface area (Å²) in [6.07, 6.45) is 4.62. The molecule has 0 aliphatic rings. The van der Waals surface area contributed by atoms with Crippen molar-refractivity contribution in [3.8, 4) is 5.75 Å². The Hall–Kier alpha value is -2.50. The Kier molecular flexibility index (Phi) is 5.49. The van der Waals surface area contributed by atoms with Crippen molar-refractivity contribution >= 4 is 35.1 Å². The van der Waals surface area contributed by atoms with Crippen LogP contribution in [-0.2, 0) is 13.7 Å². The summed E-state index contributed by atoms with van der Waals surface area (Å²) in [5, 5.41) is 4.93. The van der Waals surface area contributed by atoms with Crippen LogP contribution >= 0.6 is 23.2 Å². The molecule has 0 fully saturated rings. The lowest BCUT2D eigenvalue weighted by Gasteiger charge is -2.07. The molecule has 0 N–H and O–H groups in total. The lowest BCUT2D eigenvalue weighted by Crippen LogP contribution is -1.98. The maximum Gasteiger partial charge on any atom is 0.189 e. The molecule has 3 aromatic rings. The Morgan fingerprint density at radius 1 is 1.27 bits per heavy atom. The summed E-state index contributed by atoms with van der Waals surface area (Å²) in [5.41, 5.74) is 1.37. The molecule has 134 valence electrons. The minimum absolute atomic E-state index is 0.132. The zero-order valence-electron chi connectivity index (χ0n) is 14.2. The highest BCUT2D eigenvalue weighted by molar-refractivity contribution is 6.37. The lowest BCUT2D eigenvalue weighted by atomic mass is 10.1. The SMILES string of the molecule is Cc1c(C(=O)/C=C\c2ccc(COc3c(Cl)cccc3Cl)o2)cnn1C. The Bertz CT molecular complexity index is 953.